The zero-order valence-electron chi connectivity index (χ0n) is 11.0. The normalized spacial score (nSPS) is 14.1. The Balaban J connectivity index is 2.47. The van der Waals surface area contributed by atoms with Crippen LogP contribution in [0.1, 0.15) is 39.5 Å². The lowest BCUT2D eigenvalue weighted by Gasteiger charge is -2.16. The minimum absolute atomic E-state index is 0.184. The van der Waals surface area contributed by atoms with Crippen molar-refractivity contribution in [1.29, 1.82) is 0 Å². The number of nitro groups is 1. The number of rotatable bonds is 8. The van der Waals surface area contributed by atoms with Gasteiger partial charge in [-0.1, -0.05) is 31.5 Å². The van der Waals surface area contributed by atoms with Crippen LogP contribution in [0.2, 0.25) is 0 Å². The van der Waals surface area contributed by atoms with Gasteiger partial charge in [-0.2, -0.15) is 0 Å². The molecule has 0 saturated heterocycles. The molecule has 0 aromatic heterocycles. The predicted molar refractivity (Wildman–Crippen MR) is 76.7 cm³/mol. The second kappa shape index (κ2) is 8.14. The van der Waals surface area contributed by atoms with Crippen molar-refractivity contribution in [2.24, 2.45) is 0 Å². The van der Waals surface area contributed by atoms with E-state index in [1.165, 1.54) is 4.90 Å². The Hall–Kier alpha value is -1.03. The molecule has 2 unspecified atom stereocenters. The average molecular weight is 267 g/mol. The summed E-state index contributed by atoms with van der Waals surface area (Å²) >= 11 is 1.84. The lowest BCUT2D eigenvalue weighted by Crippen LogP contribution is -2.17. The summed E-state index contributed by atoms with van der Waals surface area (Å²) in [4.78, 5) is 11.7. The molecule has 0 heterocycles. The fourth-order valence-corrected chi connectivity index (χ4v) is 3.11. The van der Waals surface area contributed by atoms with E-state index in [0.29, 0.717) is 11.7 Å². The topological polar surface area (TPSA) is 43.1 Å². The first kappa shape index (κ1) is 15.0. The zero-order valence-corrected chi connectivity index (χ0v) is 11.9. The van der Waals surface area contributed by atoms with Gasteiger partial charge >= 0.3 is 0 Å². The van der Waals surface area contributed by atoms with E-state index in [-0.39, 0.29) is 4.92 Å². The fourth-order valence-electron chi connectivity index (χ4n) is 1.81. The monoisotopic (exact) mass is 267 g/mol. The Morgan fingerprint density at radius 2 is 1.89 bits per heavy atom. The van der Waals surface area contributed by atoms with E-state index in [2.05, 4.69) is 19.1 Å². The van der Waals surface area contributed by atoms with Gasteiger partial charge in [0.1, 0.15) is 0 Å². The van der Waals surface area contributed by atoms with Crippen LogP contribution < -0.4 is 0 Å². The standard InChI is InChI=1S/C14H21NO2S/c1-3-7-13(11-10-12(2)15(16)17)18-14-8-5-4-6-9-14/h4-6,8-9,12-13H,3,7,10-11H2,1-2H3. The van der Waals surface area contributed by atoms with E-state index in [1.54, 1.807) is 6.92 Å². The van der Waals surface area contributed by atoms with Gasteiger partial charge in [0.2, 0.25) is 6.04 Å². The molecule has 2 atom stereocenters. The van der Waals surface area contributed by atoms with Gasteiger partial charge in [-0.25, -0.2) is 0 Å². The van der Waals surface area contributed by atoms with Crippen LogP contribution >= 0.6 is 11.8 Å². The quantitative estimate of drug-likeness (QED) is 0.398. The Kier molecular flexibility index (Phi) is 6.80. The van der Waals surface area contributed by atoms with Crippen molar-refractivity contribution in [1.82, 2.24) is 0 Å². The van der Waals surface area contributed by atoms with Gasteiger partial charge in [-0.05, 0) is 25.0 Å². The zero-order chi connectivity index (χ0) is 13.4. The van der Waals surface area contributed by atoms with Crippen molar-refractivity contribution in [3.63, 3.8) is 0 Å². The third-order valence-corrected chi connectivity index (χ3v) is 4.27. The predicted octanol–water partition coefficient (Wildman–Crippen LogP) is 4.39. The number of hydrogen-bond donors (Lipinski definition) is 0. The van der Waals surface area contributed by atoms with E-state index in [1.807, 2.05) is 30.0 Å². The van der Waals surface area contributed by atoms with Gasteiger partial charge in [-0.15, -0.1) is 11.8 Å². The number of benzene rings is 1. The van der Waals surface area contributed by atoms with Crippen molar-refractivity contribution in [3.8, 4) is 0 Å². The lowest BCUT2D eigenvalue weighted by atomic mass is 10.1. The summed E-state index contributed by atoms with van der Waals surface area (Å²) in [6, 6.07) is 9.85. The summed E-state index contributed by atoms with van der Waals surface area (Å²) in [5, 5.41) is 11.1. The molecule has 0 fully saturated rings. The third-order valence-electron chi connectivity index (χ3n) is 2.92. The number of thioether (sulfide) groups is 1. The molecule has 100 valence electrons. The summed E-state index contributed by atoms with van der Waals surface area (Å²) in [6.07, 6.45) is 3.81. The maximum Gasteiger partial charge on any atom is 0.210 e. The number of hydrogen-bond acceptors (Lipinski definition) is 3. The van der Waals surface area contributed by atoms with Crippen molar-refractivity contribution in [3.05, 3.63) is 40.4 Å². The smallest absolute Gasteiger partial charge is 0.210 e. The first-order valence-corrected chi connectivity index (χ1v) is 7.36. The first-order valence-electron chi connectivity index (χ1n) is 6.48. The summed E-state index contributed by atoms with van der Waals surface area (Å²) < 4.78 is 0. The molecule has 1 aromatic carbocycles. The molecule has 0 amide bonds. The van der Waals surface area contributed by atoms with E-state index in [4.69, 9.17) is 0 Å². The molecule has 1 rings (SSSR count). The molecule has 0 aliphatic heterocycles. The van der Waals surface area contributed by atoms with Gasteiger partial charge < -0.3 is 0 Å². The van der Waals surface area contributed by atoms with E-state index >= 15 is 0 Å². The molecular weight excluding hydrogens is 246 g/mol. The average Bonchev–Trinajstić information content (AvgIpc) is 2.37. The lowest BCUT2D eigenvalue weighted by molar-refractivity contribution is -0.519. The Morgan fingerprint density at radius 3 is 2.44 bits per heavy atom. The summed E-state index contributed by atoms with van der Waals surface area (Å²) in [5.74, 6) is 0. The van der Waals surface area contributed by atoms with Crippen molar-refractivity contribution < 1.29 is 4.92 Å². The second-order valence-corrected chi connectivity index (χ2v) is 5.93. The highest BCUT2D eigenvalue weighted by Gasteiger charge is 2.17. The molecular formula is C14H21NO2S. The Bertz CT molecular complexity index is 356. The van der Waals surface area contributed by atoms with Gasteiger partial charge in [0.15, 0.2) is 0 Å². The summed E-state index contributed by atoms with van der Waals surface area (Å²) in [5.41, 5.74) is 0. The SMILES string of the molecule is CCCC(CCC(C)[N+](=O)[O-])Sc1ccccc1. The van der Waals surface area contributed by atoms with Crippen molar-refractivity contribution >= 4 is 11.8 Å². The van der Waals surface area contributed by atoms with Crippen LogP contribution in [0.25, 0.3) is 0 Å². The minimum Gasteiger partial charge on any atom is -0.264 e. The molecule has 4 heteroatoms. The minimum atomic E-state index is -0.430. The molecule has 18 heavy (non-hydrogen) atoms. The number of nitrogens with zero attached hydrogens (tertiary/aromatic N) is 1. The molecule has 0 aliphatic carbocycles. The molecule has 0 N–H and O–H groups in total. The molecule has 3 nitrogen and oxygen atoms in total. The second-order valence-electron chi connectivity index (χ2n) is 4.55. The molecule has 0 radical (unpaired) electrons. The highest BCUT2D eigenvalue weighted by atomic mass is 32.2. The largest absolute Gasteiger partial charge is 0.264 e. The summed E-state index contributed by atoms with van der Waals surface area (Å²) in [6.45, 7) is 3.85. The van der Waals surface area contributed by atoms with Crippen LogP contribution in [0.3, 0.4) is 0 Å². The van der Waals surface area contributed by atoms with Crippen LogP contribution in [0.4, 0.5) is 0 Å². The fraction of sp³-hybridized carbons (Fsp3) is 0.571. The van der Waals surface area contributed by atoms with Gasteiger partial charge in [-0.3, -0.25) is 10.1 Å². The molecule has 1 aromatic rings. The van der Waals surface area contributed by atoms with Gasteiger partial charge in [0.05, 0.1) is 0 Å². The van der Waals surface area contributed by atoms with E-state index in [9.17, 15) is 10.1 Å². The maximum atomic E-state index is 10.6. The van der Waals surface area contributed by atoms with Gasteiger partial charge in [0.25, 0.3) is 0 Å². The third kappa shape index (κ3) is 5.54. The Labute approximate surface area is 113 Å². The summed E-state index contributed by atoms with van der Waals surface area (Å²) in [7, 11) is 0. The van der Waals surface area contributed by atoms with Crippen LogP contribution in [-0.4, -0.2) is 16.2 Å². The van der Waals surface area contributed by atoms with E-state index < -0.39 is 6.04 Å². The van der Waals surface area contributed by atoms with Crippen LogP contribution in [0.5, 0.6) is 0 Å². The molecule has 0 spiro atoms. The van der Waals surface area contributed by atoms with Crippen LogP contribution in [0, 0.1) is 10.1 Å². The highest BCUT2D eigenvalue weighted by Crippen LogP contribution is 2.29. The van der Waals surface area contributed by atoms with Gasteiger partial charge in [0, 0.05) is 28.4 Å². The molecule has 0 saturated carbocycles. The maximum absolute atomic E-state index is 10.6. The molecule has 0 bridgehead atoms. The van der Waals surface area contributed by atoms with Crippen LogP contribution in [-0.2, 0) is 0 Å². The van der Waals surface area contributed by atoms with Crippen LogP contribution in [0.15, 0.2) is 35.2 Å². The highest BCUT2D eigenvalue weighted by molar-refractivity contribution is 8.00. The Morgan fingerprint density at radius 1 is 1.22 bits per heavy atom. The first-order chi connectivity index (χ1) is 8.63. The van der Waals surface area contributed by atoms with Crippen molar-refractivity contribution in [2.45, 2.75) is 55.7 Å². The van der Waals surface area contributed by atoms with Crippen molar-refractivity contribution in [2.75, 3.05) is 0 Å². The van der Waals surface area contributed by atoms with E-state index in [0.717, 1.165) is 19.3 Å². The molecule has 0 aliphatic rings.